The van der Waals surface area contributed by atoms with Crippen molar-refractivity contribution in [3.63, 3.8) is 0 Å². The summed E-state index contributed by atoms with van der Waals surface area (Å²) in [5.74, 6) is -0.0932. The molecule has 1 fully saturated rings. The summed E-state index contributed by atoms with van der Waals surface area (Å²) in [7, 11) is 1.66. The summed E-state index contributed by atoms with van der Waals surface area (Å²) >= 11 is 0. The van der Waals surface area contributed by atoms with Crippen LogP contribution < -0.4 is 15.5 Å². The van der Waals surface area contributed by atoms with Crippen molar-refractivity contribution in [2.45, 2.75) is 58.3 Å². The Labute approximate surface area is 169 Å². The summed E-state index contributed by atoms with van der Waals surface area (Å²) in [6, 6.07) is 5.69. The Morgan fingerprint density at radius 3 is 2.61 bits per heavy atom. The van der Waals surface area contributed by atoms with Crippen molar-refractivity contribution in [1.82, 2.24) is 5.32 Å². The third-order valence-corrected chi connectivity index (χ3v) is 5.04. The number of ether oxygens (including phenoxy) is 1. The Morgan fingerprint density at radius 2 is 1.89 bits per heavy atom. The number of amides is 2. The van der Waals surface area contributed by atoms with Crippen molar-refractivity contribution >= 4 is 23.2 Å². The van der Waals surface area contributed by atoms with Gasteiger partial charge in [0, 0.05) is 51.1 Å². The van der Waals surface area contributed by atoms with Crippen molar-refractivity contribution in [3.8, 4) is 0 Å². The highest BCUT2D eigenvalue weighted by molar-refractivity contribution is 6.02. The van der Waals surface area contributed by atoms with Gasteiger partial charge in [-0.25, -0.2) is 0 Å². The molecule has 0 unspecified atom stereocenters. The quantitative estimate of drug-likeness (QED) is 0.562. The molecule has 6 heteroatoms. The van der Waals surface area contributed by atoms with Crippen molar-refractivity contribution in [2.75, 3.05) is 43.6 Å². The first-order valence-electron chi connectivity index (χ1n) is 10.6. The highest BCUT2D eigenvalue weighted by Crippen LogP contribution is 2.27. The third-order valence-electron chi connectivity index (χ3n) is 5.04. The van der Waals surface area contributed by atoms with Crippen LogP contribution in [0.3, 0.4) is 0 Å². The van der Waals surface area contributed by atoms with Gasteiger partial charge in [-0.2, -0.15) is 0 Å². The molecule has 0 atom stereocenters. The summed E-state index contributed by atoms with van der Waals surface area (Å²) in [5.41, 5.74) is 2.27. The van der Waals surface area contributed by atoms with Gasteiger partial charge >= 0.3 is 0 Å². The average Bonchev–Trinajstić information content (AvgIpc) is 2.72. The van der Waals surface area contributed by atoms with E-state index in [-0.39, 0.29) is 11.8 Å². The molecule has 1 heterocycles. The minimum absolute atomic E-state index is 0.00521. The van der Waals surface area contributed by atoms with Gasteiger partial charge in [0.1, 0.15) is 0 Å². The smallest absolute Gasteiger partial charge is 0.253 e. The monoisotopic (exact) mass is 389 g/mol. The number of hydrogen-bond donors (Lipinski definition) is 2. The van der Waals surface area contributed by atoms with E-state index in [4.69, 9.17) is 4.74 Å². The van der Waals surface area contributed by atoms with Crippen LogP contribution in [0.15, 0.2) is 18.2 Å². The van der Waals surface area contributed by atoms with Crippen LogP contribution in [0.2, 0.25) is 0 Å². The van der Waals surface area contributed by atoms with Gasteiger partial charge in [0.15, 0.2) is 0 Å². The lowest BCUT2D eigenvalue weighted by Gasteiger charge is -2.30. The first kappa shape index (κ1) is 22.2. The third kappa shape index (κ3) is 7.15. The van der Waals surface area contributed by atoms with E-state index in [0.29, 0.717) is 30.8 Å². The van der Waals surface area contributed by atoms with Crippen molar-refractivity contribution in [1.29, 1.82) is 0 Å². The molecule has 6 nitrogen and oxygen atoms in total. The van der Waals surface area contributed by atoms with Crippen LogP contribution in [-0.2, 0) is 9.53 Å². The Balaban J connectivity index is 2.11. The fourth-order valence-electron chi connectivity index (χ4n) is 3.48. The Bertz CT molecular complexity index is 627. The lowest BCUT2D eigenvalue weighted by Crippen LogP contribution is -2.33. The zero-order chi connectivity index (χ0) is 20.2. The molecule has 0 spiro atoms. The molecular formula is C22H35N3O3. The van der Waals surface area contributed by atoms with E-state index in [0.717, 1.165) is 57.3 Å². The molecule has 0 radical (unpaired) electrons. The Kier molecular flexibility index (Phi) is 9.83. The van der Waals surface area contributed by atoms with Crippen LogP contribution in [0.4, 0.5) is 11.4 Å². The number of piperidine rings is 1. The second-order valence-electron chi connectivity index (χ2n) is 7.39. The number of benzene rings is 1. The molecule has 0 aliphatic carbocycles. The fourth-order valence-corrected chi connectivity index (χ4v) is 3.48. The molecule has 28 heavy (non-hydrogen) atoms. The number of rotatable bonds is 11. The van der Waals surface area contributed by atoms with Crippen LogP contribution in [0.25, 0.3) is 0 Å². The number of anilines is 2. The van der Waals surface area contributed by atoms with E-state index in [1.807, 2.05) is 18.2 Å². The van der Waals surface area contributed by atoms with Crippen LogP contribution in [0, 0.1) is 0 Å². The van der Waals surface area contributed by atoms with E-state index < -0.39 is 0 Å². The van der Waals surface area contributed by atoms with Crippen LogP contribution in [0.1, 0.15) is 68.6 Å². The van der Waals surface area contributed by atoms with Gasteiger partial charge in [0.2, 0.25) is 5.91 Å². The summed E-state index contributed by atoms with van der Waals surface area (Å²) < 4.78 is 5.04. The van der Waals surface area contributed by atoms with Crippen molar-refractivity contribution in [3.05, 3.63) is 23.8 Å². The summed E-state index contributed by atoms with van der Waals surface area (Å²) in [5, 5.41) is 5.92. The van der Waals surface area contributed by atoms with Crippen LogP contribution >= 0.6 is 0 Å². The first-order valence-corrected chi connectivity index (χ1v) is 10.6. The van der Waals surface area contributed by atoms with Gasteiger partial charge in [0.05, 0.1) is 5.56 Å². The van der Waals surface area contributed by atoms with E-state index in [1.165, 1.54) is 6.42 Å². The zero-order valence-corrected chi connectivity index (χ0v) is 17.4. The highest BCUT2D eigenvalue weighted by Gasteiger charge is 2.19. The minimum atomic E-state index is -0.0984. The molecule has 0 saturated carbocycles. The topological polar surface area (TPSA) is 70.7 Å². The number of nitrogens with one attached hydrogen (secondary N) is 2. The molecule has 1 aromatic carbocycles. The lowest BCUT2D eigenvalue weighted by atomic mass is 10.1. The number of carbonyl (C=O) groups excluding carboxylic acids is 2. The predicted molar refractivity (Wildman–Crippen MR) is 114 cm³/mol. The maximum absolute atomic E-state index is 12.8. The SMILES string of the molecule is CCCCCC(=O)Nc1ccc(N2CCCCC2)c(C(=O)NCCCOC)c1. The molecule has 2 rings (SSSR count). The van der Waals surface area contributed by atoms with Crippen molar-refractivity contribution in [2.24, 2.45) is 0 Å². The largest absolute Gasteiger partial charge is 0.385 e. The molecule has 2 amide bonds. The highest BCUT2D eigenvalue weighted by atomic mass is 16.5. The normalized spacial score (nSPS) is 14.0. The molecule has 0 aromatic heterocycles. The standard InChI is InChI=1S/C22H35N3O3/c1-3-4-6-10-21(26)24-18-11-12-20(25-14-7-5-8-15-25)19(17-18)22(27)23-13-9-16-28-2/h11-12,17H,3-10,13-16H2,1-2H3,(H,23,27)(H,24,26). The second kappa shape index (κ2) is 12.4. The van der Waals surface area contributed by atoms with Crippen molar-refractivity contribution < 1.29 is 14.3 Å². The van der Waals surface area contributed by atoms with Crippen LogP contribution in [0.5, 0.6) is 0 Å². The van der Waals surface area contributed by atoms with E-state index in [2.05, 4.69) is 22.5 Å². The predicted octanol–water partition coefficient (Wildman–Crippen LogP) is 3.96. The van der Waals surface area contributed by atoms with Gasteiger partial charge in [-0.15, -0.1) is 0 Å². The summed E-state index contributed by atoms with van der Waals surface area (Å²) in [4.78, 5) is 27.3. The number of nitrogens with zero attached hydrogens (tertiary/aromatic N) is 1. The van der Waals surface area contributed by atoms with E-state index in [9.17, 15) is 9.59 Å². The van der Waals surface area contributed by atoms with Gasteiger partial charge in [-0.05, 0) is 50.3 Å². The van der Waals surface area contributed by atoms with E-state index in [1.54, 1.807) is 7.11 Å². The molecule has 156 valence electrons. The van der Waals surface area contributed by atoms with Gasteiger partial charge in [-0.1, -0.05) is 19.8 Å². The van der Waals surface area contributed by atoms with Gasteiger partial charge < -0.3 is 20.3 Å². The molecule has 0 bridgehead atoms. The van der Waals surface area contributed by atoms with Crippen LogP contribution in [-0.4, -0.2) is 45.2 Å². The van der Waals surface area contributed by atoms with Gasteiger partial charge in [0.25, 0.3) is 5.91 Å². The number of hydrogen-bond acceptors (Lipinski definition) is 4. The minimum Gasteiger partial charge on any atom is -0.385 e. The molecular weight excluding hydrogens is 354 g/mol. The Hall–Kier alpha value is -2.08. The fraction of sp³-hybridized carbons (Fsp3) is 0.636. The summed E-state index contributed by atoms with van der Waals surface area (Å²) in [6.45, 7) is 5.24. The average molecular weight is 390 g/mol. The van der Waals surface area contributed by atoms with Gasteiger partial charge in [-0.3, -0.25) is 9.59 Å². The molecule has 1 aliphatic rings. The maximum atomic E-state index is 12.8. The zero-order valence-electron chi connectivity index (χ0n) is 17.4. The Morgan fingerprint density at radius 1 is 1.11 bits per heavy atom. The number of unbranched alkanes of at least 4 members (excludes halogenated alkanes) is 2. The number of carbonyl (C=O) groups is 2. The lowest BCUT2D eigenvalue weighted by molar-refractivity contribution is -0.116. The first-order chi connectivity index (χ1) is 13.7. The summed E-state index contributed by atoms with van der Waals surface area (Å²) in [6.07, 6.45) is 7.84. The van der Waals surface area contributed by atoms with E-state index >= 15 is 0 Å². The second-order valence-corrected chi connectivity index (χ2v) is 7.39. The molecule has 1 aromatic rings. The molecule has 1 aliphatic heterocycles. The maximum Gasteiger partial charge on any atom is 0.253 e. The molecule has 1 saturated heterocycles. The molecule has 2 N–H and O–H groups in total. The number of methoxy groups -OCH3 is 1.